The molecule has 0 saturated carbocycles. The van der Waals surface area contributed by atoms with Crippen LogP contribution in [0.1, 0.15) is 32.1 Å². The third-order valence-corrected chi connectivity index (χ3v) is 8.48. The first-order chi connectivity index (χ1) is 17.5. The summed E-state index contributed by atoms with van der Waals surface area (Å²) in [5, 5.41) is 0. The van der Waals surface area contributed by atoms with E-state index in [2.05, 4.69) is 15.9 Å². The van der Waals surface area contributed by atoms with Crippen molar-refractivity contribution in [1.29, 1.82) is 0 Å². The SMILES string of the molecule is COc1ccc(CCN(Cc2ccco2)C(=O)CN(C(C)(C)C)S(=O)(=O)c2ccc(Br)cc2)cc1OC. The van der Waals surface area contributed by atoms with E-state index < -0.39 is 15.6 Å². The van der Waals surface area contributed by atoms with Crippen molar-refractivity contribution in [2.75, 3.05) is 27.3 Å². The van der Waals surface area contributed by atoms with Crippen molar-refractivity contribution in [2.24, 2.45) is 0 Å². The van der Waals surface area contributed by atoms with Crippen molar-refractivity contribution >= 4 is 31.9 Å². The van der Waals surface area contributed by atoms with Gasteiger partial charge in [-0.3, -0.25) is 4.79 Å². The molecule has 0 saturated heterocycles. The number of rotatable bonds is 11. The van der Waals surface area contributed by atoms with Gasteiger partial charge >= 0.3 is 0 Å². The zero-order valence-corrected chi connectivity index (χ0v) is 24.1. The van der Waals surface area contributed by atoms with Crippen LogP contribution in [-0.2, 0) is 27.8 Å². The van der Waals surface area contributed by atoms with Crippen LogP contribution in [0.4, 0.5) is 0 Å². The molecule has 0 unspecified atom stereocenters. The smallest absolute Gasteiger partial charge is 0.244 e. The molecule has 0 aliphatic carbocycles. The van der Waals surface area contributed by atoms with Crippen LogP contribution < -0.4 is 9.47 Å². The molecule has 2 aromatic carbocycles. The summed E-state index contributed by atoms with van der Waals surface area (Å²) in [7, 11) is -0.794. The summed E-state index contributed by atoms with van der Waals surface area (Å²) in [6.07, 6.45) is 2.08. The standard InChI is InChI=1S/C27H33BrN2O6S/c1-27(2,3)30(37(32,33)23-11-9-21(28)10-12-23)19-26(31)29(18-22-7-6-16-36-22)15-14-20-8-13-24(34-4)25(17-20)35-5/h6-13,16-17H,14-15,18-19H2,1-5H3. The van der Waals surface area contributed by atoms with Gasteiger partial charge in [0, 0.05) is 16.6 Å². The number of hydrogen-bond donors (Lipinski definition) is 0. The lowest BCUT2D eigenvalue weighted by atomic mass is 10.1. The predicted molar refractivity (Wildman–Crippen MR) is 145 cm³/mol. The lowest BCUT2D eigenvalue weighted by molar-refractivity contribution is -0.133. The number of nitrogens with zero attached hydrogens (tertiary/aromatic N) is 2. The van der Waals surface area contributed by atoms with Gasteiger partial charge in [0.15, 0.2) is 11.5 Å². The van der Waals surface area contributed by atoms with E-state index in [0.29, 0.717) is 30.2 Å². The van der Waals surface area contributed by atoms with E-state index in [1.807, 2.05) is 18.2 Å². The molecular weight excluding hydrogens is 560 g/mol. The van der Waals surface area contributed by atoms with E-state index in [-0.39, 0.29) is 23.9 Å². The molecule has 0 atom stereocenters. The van der Waals surface area contributed by atoms with E-state index in [9.17, 15) is 13.2 Å². The van der Waals surface area contributed by atoms with Crippen LogP contribution in [0, 0.1) is 0 Å². The number of methoxy groups -OCH3 is 2. The lowest BCUT2D eigenvalue weighted by Gasteiger charge is -2.35. The summed E-state index contributed by atoms with van der Waals surface area (Å²) >= 11 is 3.34. The molecule has 0 aliphatic heterocycles. The number of ether oxygens (including phenoxy) is 2. The Balaban J connectivity index is 1.86. The first-order valence-electron chi connectivity index (χ1n) is 11.7. The molecule has 1 amide bonds. The molecule has 10 heteroatoms. The molecule has 8 nitrogen and oxygen atoms in total. The van der Waals surface area contributed by atoms with Gasteiger partial charge in [0.25, 0.3) is 0 Å². The molecule has 37 heavy (non-hydrogen) atoms. The van der Waals surface area contributed by atoms with Gasteiger partial charge in [-0.05, 0) is 81.3 Å². The second-order valence-corrected chi connectivity index (χ2v) is 12.2. The van der Waals surface area contributed by atoms with E-state index in [4.69, 9.17) is 13.9 Å². The molecule has 1 heterocycles. The molecule has 0 bridgehead atoms. The van der Waals surface area contributed by atoms with Gasteiger partial charge in [-0.15, -0.1) is 0 Å². The zero-order valence-electron chi connectivity index (χ0n) is 21.7. The maximum Gasteiger partial charge on any atom is 0.244 e. The number of benzene rings is 2. The molecule has 0 radical (unpaired) electrons. The van der Waals surface area contributed by atoms with Crippen LogP contribution in [0.5, 0.6) is 11.5 Å². The Kier molecular flexibility index (Phi) is 9.44. The number of hydrogen-bond acceptors (Lipinski definition) is 6. The summed E-state index contributed by atoms with van der Waals surface area (Å²) in [5.41, 5.74) is 0.117. The maximum atomic E-state index is 13.6. The first-order valence-corrected chi connectivity index (χ1v) is 14.0. The van der Waals surface area contributed by atoms with Crippen molar-refractivity contribution in [3.63, 3.8) is 0 Å². The van der Waals surface area contributed by atoms with Crippen molar-refractivity contribution in [2.45, 2.75) is 44.2 Å². The Morgan fingerprint density at radius 1 is 1.00 bits per heavy atom. The van der Waals surface area contributed by atoms with Gasteiger partial charge in [-0.2, -0.15) is 4.31 Å². The Morgan fingerprint density at radius 2 is 1.68 bits per heavy atom. The number of sulfonamides is 1. The molecule has 3 rings (SSSR count). The number of amides is 1. The van der Waals surface area contributed by atoms with Gasteiger partial charge in [-0.25, -0.2) is 8.42 Å². The predicted octanol–water partition coefficient (Wildman–Crippen LogP) is 5.12. The zero-order chi connectivity index (χ0) is 27.2. The molecule has 200 valence electrons. The summed E-state index contributed by atoms with van der Waals surface area (Å²) < 4.78 is 45.3. The van der Waals surface area contributed by atoms with E-state index >= 15 is 0 Å². The third-order valence-electron chi connectivity index (χ3n) is 5.83. The van der Waals surface area contributed by atoms with Gasteiger partial charge in [0.1, 0.15) is 5.76 Å². The second kappa shape index (κ2) is 12.1. The summed E-state index contributed by atoms with van der Waals surface area (Å²) in [6, 6.07) is 15.5. The van der Waals surface area contributed by atoms with Gasteiger partial charge in [0.05, 0.1) is 38.5 Å². The van der Waals surface area contributed by atoms with Crippen LogP contribution in [0.15, 0.2) is 74.6 Å². The summed E-state index contributed by atoms with van der Waals surface area (Å²) in [6.45, 7) is 5.58. The average molecular weight is 594 g/mol. The van der Waals surface area contributed by atoms with Gasteiger partial charge in [0.2, 0.25) is 15.9 Å². The number of carbonyl (C=O) groups is 1. The van der Waals surface area contributed by atoms with Crippen molar-refractivity contribution in [3.05, 3.63) is 76.7 Å². The Bertz CT molecular complexity index is 1290. The fraction of sp³-hybridized carbons (Fsp3) is 0.370. The quantitative estimate of drug-likeness (QED) is 0.307. The monoisotopic (exact) mass is 592 g/mol. The molecule has 0 N–H and O–H groups in total. The highest BCUT2D eigenvalue weighted by Crippen LogP contribution is 2.28. The molecule has 0 aliphatic rings. The van der Waals surface area contributed by atoms with Crippen LogP contribution in [0.25, 0.3) is 0 Å². The normalized spacial score (nSPS) is 12.0. The molecule has 1 aromatic heterocycles. The second-order valence-electron chi connectivity index (χ2n) is 9.47. The summed E-state index contributed by atoms with van der Waals surface area (Å²) in [4.78, 5) is 15.4. The minimum atomic E-state index is -3.94. The van der Waals surface area contributed by atoms with Crippen LogP contribution in [0.2, 0.25) is 0 Å². The minimum absolute atomic E-state index is 0.126. The molecule has 0 spiro atoms. The summed E-state index contributed by atoms with van der Waals surface area (Å²) in [5.74, 6) is 1.50. The van der Waals surface area contributed by atoms with E-state index in [0.717, 1.165) is 10.0 Å². The van der Waals surface area contributed by atoms with Crippen LogP contribution >= 0.6 is 15.9 Å². The van der Waals surface area contributed by atoms with Gasteiger partial charge < -0.3 is 18.8 Å². The largest absolute Gasteiger partial charge is 0.493 e. The van der Waals surface area contributed by atoms with Crippen LogP contribution in [0.3, 0.4) is 0 Å². The van der Waals surface area contributed by atoms with E-state index in [1.54, 1.807) is 70.4 Å². The molecule has 0 fully saturated rings. The Hall–Kier alpha value is -2.82. The fourth-order valence-corrected chi connectivity index (χ4v) is 5.82. The van der Waals surface area contributed by atoms with Crippen LogP contribution in [-0.4, -0.2) is 56.4 Å². The van der Waals surface area contributed by atoms with Gasteiger partial charge in [-0.1, -0.05) is 22.0 Å². The maximum absolute atomic E-state index is 13.6. The lowest BCUT2D eigenvalue weighted by Crippen LogP contribution is -2.51. The van der Waals surface area contributed by atoms with Crippen molar-refractivity contribution in [3.8, 4) is 11.5 Å². The van der Waals surface area contributed by atoms with Crippen molar-refractivity contribution in [1.82, 2.24) is 9.21 Å². The molecule has 3 aromatic rings. The number of furan rings is 1. The Morgan fingerprint density at radius 3 is 2.24 bits per heavy atom. The minimum Gasteiger partial charge on any atom is -0.493 e. The first kappa shape index (κ1) is 28.7. The topological polar surface area (TPSA) is 89.3 Å². The third kappa shape index (κ3) is 7.37. The average Bonchev–Trinajstić information content (AvgIpc) is 3.37. The Labute approximate surface area is 227 Å². The number of halogens is 1. The highest BCUT2D eigenvalue weighted by atomic mass is 79.9. The number of carbonyl (C=O) groups excluding carboxylic acids is 1. The van der Waals surface area contributed by atoms with Crippen molar-refractivity contribution < 1.29 is 27.1 Å². The fourth-order valence-electron chi connectivity index (χ4n) is 3.82. The highest BCUT2D eigenvalue weighted by Gasteiger charge is 2.36. The van der Waals surface area contributed by atoms with E-state index in [1.165, 1.54) is 16.4 Å². The highest BCUT2D eigenvalue weighted by molar-refractivity contribution is 9.10. The molecular formula is C27H33BrN2O6S.